The molecule has 0 atom stereocenters. The summed E-state index contributed by atoms with van der Waals surface area (Å²) in [5, 5.41) is 2.12. The molecule has 3 rings (SSSR count). The van der Waals surface area contributed by atoms with Crippen molar-refractivity contribution in [2.75, 3.05) is 18.6 Å². The van der Waals surface area contributed by atoms with Gasteiger partial charge >= 0.3 is 6.03 Å². The van der Waals surface area contributed by atoms with Crippen LogP contribution >= 0.6 is 15.9 Å². The third-order valence-electron chi connectivity index (χ3n) is 4.23. The quantitative estimate of drug-likeness (QED) is 0.502. The number of rotatable bonds is 6. The smallest absolute Gasteiger partial charge is 0.335 e. The monoisotopic (exact) mass is 476 g/mol. The summed E-state index contributed by atoms with van der Waals surface area (Å²) in [5.41, 5.74) is 0.351. The van der Waals surface area contributed by atoms with Gasteiger partial charge in [-0.2, -0.15) is 0 Å². The predicted molar refractivity (Wildman–Crippen MR) is 112 cm³/mol. The zero-order valence-electron chi connectivity index (χ0n) is 16.2. The van der Waals surface area contributed by atoms with E-state index in [2.05, 4.69) is 21.2 Å². The van der Waals surface area contributed by atoms with Crippen LogP contribution in [0.3, 0.4) is 0 Å². The molecule has 156 valence electrons. The van der Waals surface area contributed by atoms with Crippen molar-refractivity contribution in [3.8, 4) is 11.5 Å². The number of nitrogens with zero attached hydrogens (tertiary/aromatic N) is 1. The lowest BCUT2D eigenvalue weighted by Crippen LogP contribution is -2.54. The molecule has 4 amide bonds. The fourth-order valence-corrected chi connectivity index (χ4v) is 3.22. The van der Waals surface area contributed by atoms with Crippen molar-refractivity contribution in [3.63, 3.8) is 0 Å². The van der Waals surface area contributed by atoms with Crippen molar-refractivity contribution >= 4 is 45.5 Å². The van der Waals surface area contributed by atoms with Gasteiger partial charge in [0, 0.05) is 4.47 Å². The normalized spacial score (nSPS) is 15.4. The van der Waals surface area contributed by atoms with Gasteiger partial charge in [-0.3, -0.25) is 14.9 Å². The Balaban J connectivity index is 2.01. The second-order valence-electron chi connectivity index (χ2n) is 6.31. The number of urea groups is 1. The zero-order chi connectivity index (χ0) is 21.8. The standard InChI is InChI=1S/C21H18BrFN2O5/c1-3-8-30-18-11-16(22)12(10-17(18)29-2)9-15-19(26)24-21(28)25(20(15)27)14-6-4-13(23)5-7-14/h4-7,9-11H,3,8H2,1-2H3,(H,24,26,28)/b15-9+. The fourth-order valence-electron chi connectivity index (χ4n) is 2.78. The first-order chi connectivity index (χ1) is 14.3. The van der Waals surface area contributed by atoms with Crippen LogP contribution in [0.25, 0.3) is 6.08 Å². The lowest BCUT2D eigenvalue weighted by atomic mass is 10.1. The lowest BCUT2D eigenvalue weighted by Gasteiger charge is -2.26. The van der Waals surface area contributed by atoms with Crippen LogP contribution in [0.2, 0.25) is 0 Å². The average molecular weight is 477 g/mol. The van der Waals surface area contributed by atoms with E-state index in [1.807, 2.05) is 6.92 Å². The predicted octanol–water partition coefficient (Wildman–Crippen LogP) is 4.05. The molecule has 1 aliphatic rings. The number of carbonyl (C=O) groups excluding carboxylic acids is 3. The number of anilines is 1. The number of methoxy groups -OCH3 is 1. The Morgan fingerprint density at radius 3 is 2.47 bits per heavy atom. The van der Waals surface area contributed by atoms with Crippen molar-refractivity contribution in [2.24, 2.45) is 0 Å². The number of halogens is 2. The summed E-state index contributed by atoms with van der Waals surface area (Å²) in [6.45, 7) is 2.47. The Morgan fingerprint density at radius 1 is 1.13 bits per heavy atom. The molecule has 1 aliphatic heterocycles. The van der Waals surface area contributed by atoms with E-state index >= 15 is 0 Å². The first-order valence-corrected chi connectivity index (χ1v) is 9.82. The Labute approximate surface area is 180 Å². The summed E-state index contributed by atoms with van der Waals surface area (Å²) in [4.78, 5) is 38.3. The van der Waals surface area contributed by atoms with Crippen LogP contribution in [0.5, 0.6) is 11.5 Å². The SMILES string of the molecule is CCCOc1cc(Br)c(/C=C2\C(=O)NC(=O)N(c3ccc(F)cc3)C2=O)cc1OC. The average Bonchev–Trinajstić information content (AvgIpc) is 2.71. The summed E-state index contributed by atoms with van der Waals surface area (Å²) in [6, 6.07) is 7.17. The number of hydrogen-bond acceptors (Lipinski definition) is 5. The Bertz CT molecular complexity index is 1040. The van der Waals surface area contributed by atoms with Crippen molar-refractivity contribution in [2.45, 2.75) is 13.3 Å². The molecule has 2 aromatic carbocycles. The van der Waals surface area contributed by atoms with Gasteiger partial charge in [-0.1, -0.05) is 22.9 Å². The topological polar surface area (TPSA) is 84.9 Å². The highest BCUT2D eigenvalue weighted by atomic mass is 79.9. The molecule has 0 bridgehead atoms. The van der Waals surface area contributed by atoms with Gasteiger partial charge in [-0.25, -0.2) is 14.1 Å². The third-order valence-corrected chi connectivity index (χ3v) is 4.92. The second kappa shape index (κ2) is 9.08. The molecule has 7 nitrogen and oxygen atoms in total. The van der Waals surface area contributed by atoms with Crippen LogP contribution in [0.4, 0.5) is 14.9 Å². The van der Waals surface area contributed by atoms with Gasteiger partial charge in [0.15, 0.2) is 11.5 Å². The number of benzene rings is 2. The van der Waals surface area contributed by atoms with Gasteiger partial charge in [0.05, 0.1) is 19.4 Å². The molecule has 0 radical (unpaired) electrons. The summed E-state index contributed by atoms with van der Waals surface area (Å²) >= 11 is 3.40. The zero-order valence-corrected chi connectivity index (χ0v) is 17.8. The molecule has 0 spiro atoms. The molecule has 9 heteroatoms. The molecular weight excluding hydrogens is 459 g/mol. The van der Waals surface area contributed by atoms with E-state index in [1.165, 1.54) is 25.3 Å². The van der Waals surface area contributed by atoms with Crippen molar-refractivity contribution in [1.82, 2.24) is 5.32 Å². The summed E-state index contributed by atoms with van der Waals surface area (Å²) in [5.74, 6) is -1.24. The summed E-state index contributed by atoms with van der Waals surface area (Å²) in [6.07, 6.45) is 2.16. The minimum absolute atomic E-state index is 0.136. The molecule has 1 heterocycles. The maximum Gasteiger partial charge on any atom is 0.335 e. The Morgan fingerprint density at radius 2 is 1.83 bits per heavy atom. The van der Waals surface area contributed by atoms with Crippen molar-refractivity contribution in [3.05, 3.63) is 57.8 Å². The molecule has 2 aromatic rings. The number of ether oxygens (including phenoxy) is 2. The third kappa shape index (κ3) is 4.35. The number of barbiturate groups is 1. The molecule has 1 fully saturated rings. The second-order valence-corrected chi connectivity index (χ2v) is 7.16. The largest absolute Gasteiger partial charge is 0.493 e. The van der Waals surface area contributed by atoms with Crippen LogP contribution in [-0.2, 0) is 9.59 Å². The molecule has 0 saturated carbocycles. The number of amides is 4. The lowest BCUT2D eigenvalue weighted by molar-refractivity contribution is -0.122. The maximum atomic E-state index is 13.2. The van der Waals surface area contributed by atoms with E-state index in [0.29, 0.717) is 28.1 Å². The van der Waals surface area contributed by atoms with Crippen LogP contribution < -0.4 is 19.7 Å². The van der Waals surface area contributed by atoms with Gasteiger partial charge in [-0.05, 0) is 54.5 Å². The molecule has 30 heavy (non-hydrogen) atoms. The highest BCUT2D eigenvalue weighted by molar-refractivity contribution is 9.10. The van der Waals surface area contributed by atoms with E-state index in [9.17, 15) is 18.8 Å². The fraction of sp³-hybridized carbons (Fsp3) is 0.190. The first kappa shape index (κ1) is 21.5. The molecule has 0 aromatic heterocycles. The first-order valence-electron chi connectivity index (χ1n) is 9.03. The minimum atomic E-state index is -0.909. The van der Waals surface area contributed by atoms with E-state index < -0.39 is 23.7 Å². The van der Waals surface area contributed by atoms with Gasteiger partial charge < -0.3 is 9.47 Å². The van der Waals surface area contributed by atoms with Gasteiger partial charge in [-0.15, -0.1) is 0 Å². The molecule has 1 N–H and O–H groups in total. The molecule has 0 unspecified atom stereocenters. The van der Waals surface area contributed by atoms with Crippen LogP contribution in [-0.4, -0.2) is 31.6 Å². The molecular formula is C21H18BrFN2O5. The van der Waals surface area contributed by atoms with E-state index in [1.54, 1.807) is 12.1 Å². The van der Waals surface area contributed by atoms with Crippen LogP contribution in [0, 0.1) is 5.82 Å². The van der Waals surface area contributed by atoms with Crippen molar-refractivity contribution < 1.29 is 28.2 Å². The molecule has 0 aliphatic carbocycles. The number of carbonyl (C=O) groups is 3. The van der Waals surface area contributed by atoms with Gasteiger partial charge in [0.1, 0.15) is 11.4 Å². The number of nitrogens with one attached hydrogen (secondary N) is 1. The van der Waals surface area contributed by atoms with Gasteiger partial charge in [0.2, 0.25) is 0 Å². The Kier molecular flexibility index (Phi) is 6.51. The highest BCUT2D eigenvalue weighted by Gasteiger charge is 2.37. The Hall–Kier alpha value is -3.20. The van der Waals surface area contributed by atoms with Crippen molar-refractivity contribution in [1.29, 1.82) is 0 Å². The van der Waals surface area contributed by atoms with E-state index in [4.69, 9.17) is 9.47 Å². The van der Waals surface area contributed by atoms with Gasteiger partial charge in [0.25, 0.3) is 11.8 Å². The molecule has 1 saturated heterocycles. The number of hydrogen-bond donors (Lipinski definition) is 1. The van der Waals surface area contributed by atoms with E-state index in [0.717, 1.165) is 23.5 Å². The summed E-state index contributed by atoms with van der Waals surface area (Å²) < 4.78 is 24.7. The summed E-state index contributed by atoms with van der Waals surface area (Å²) in [7, 11) is 1.48. The number of imide groups is 2. The van der Waals surface area contributed by atoms with Crippen LogP contribution in [0.15, 0.2) is 46.4 Å². The van der Waals surface area contributed by atoms with Crippen LogP contribution in [0.1, 0.15) is 18.9 Å². The van der Waals surface area contributed by atoms with E-state index in [-0.39, 0.29) is 11.3 Å². The maximum absolute atomic E-state index is 13.2. The minimum Gasteiger partial charge on any atom is -0.493 e. The highest BCUT2D eigenvalue weighted by Crippen LogP contribution is 2.35.